The predicted octanol–water partition coefficient (Wildman–Crippen LogP) is 4.30. The number of nitrogens with zero attached hydrogens (tertiary/aromatic N) is 3. The van der Waals surface area contributed by atoms with Crippen LogP contribution < -0.4 is 10.6 Å². The molecule has 0 unspecified atom stereocenters. The average Bonchev–Trinajstić information content (AvgIpc) is 3.13. The summed E-state index contributed by atoms with van der Waals surface area (Å²) in [6.45, 7) is 11.8. The largest absolute Gasteiger partial charge is 0.443 e. The normalized spacial score (nSPS) is 16.1. The Hall–Kier alpha value is -0.830. The summed E-state index contributed by atoms with van der Waals surface area (Å²) in [7, 11) is 2.27. The maximum Gasteiger partial charge on any atom is 0.216 e. The van der Waals surface area contributed by atoms with Crippen molar-refractivity contribution in [3.05, 3.63) is 17.8 Å². The van der Waals surface area contributed by atoms with Gasteiger partial charge in [-0.25, -0.2) is 9.98 Å². The molecule has 28 heavy (non-hydrogen) atoms. The van der Waals surface area contributed by atoms with Crippen LogP contribution >= 0.6 is 24.0 Å². The van der Waals surface area contributed by atoms with Crippen LogP contribution in [0.3, 0.4) is 0 Å². The molecule has 2 N–H and O–H groups in total. The SMILES string of the molecule is CCNC(=NCc1ncc(C(C)(C)C)o1)NCCCN(C)C1CCCCC1.I. The minimum absolute atomic E-state index is 0. The topological polar surface area (TPSA) is 65.7 Å². The third-order valence-electron chi connectivity index (χ3n) is 5.19. The minimum Gasteiger partial charge on any atom is -0.443 e. The van der Waals surface area contributed by atoms with E-state index in [1.165, 1.54) is 32.1 Å². The molecule has 1 aliphatic rings. The van der Waals surface area contributed by atoms with E-state index in [9.17, 15) is 0 Å². The molecule has 1 aromatic heterocycles. The molecule has 1 aliphatic carbocycles. The van der Waals surface area contributed by atoms with Crippen LogP contribution in [0.25, 0.3) is 0 Å². The molecule has 7 heteroatoms. The maximum atomic E-state index is 5.82. The van der Waals surface area contributed by atoms with Crippen molar-refractivity contribution in [1.82, 2.24) is 20.5 Å². The molecule has 0 amide bonds. The Bertz CT molecular complexity index is 576. The molecule has 6 nitrogen and oxygen atoms in total. The molecule has 162 valence electrons. The number of nitrogens with one attached hydrogen (secondary N) is 2. The van der Waals surface area contributed by atoms with Gasteiger partial charge in [0.05, 0.1) is 6.20 Å². The second-order valence-electron chi connectivity index (χ2n) is 8.62. The van der Waals surface area contributed by atoms with Gasteiger partial charge >= 0.3 is 0 Å². The molecule has 0 radical (unpaired) electrons. The molecule has 0 bridgehead atoms. The fourth-order valence-electron chi connectivity index (χ4n) is 3.46. The van der Waals surface area contributed by atoms with Crippen LogP contribution in [0.1, 0.15) is 77.9 Å². The van der Waals surface area contributed by atoms with Crippen LogP contribution in [0, 0.1) is 0 Å². The number of hydrogen-bond acceptors (Lipinski definition) is 4. The van der Waals surface area contributed by atoms with Crippen LogP contribution in [-0.2, 0) is 12.0 Å². The molecular weight excluding hydrogens is 465 g/mol. The van der Waals surface area contributed by atoms with Gasteiger partial charge in [0.15, 0.2) is 5.96 Å². The first-order chi connectivity index (χ1) is 12.9. The molecule has 2 rings (SSSR count). The summed E-state index contributed by atoms with van der Waals surface area (Å²) in [5.41, 5.74) is -0.0257. The maximum absolute atomic E-state index is 5.82. The number of halogens is 1. The van der Waals surface area contributed by atoms with Gasteiger partial charge in [-0.2, -0.15) is 0 Å². The van der Waals surface area contributed by atoms with Crippen LogP contribution in [0.15, 0.2) is 15.6 Å². The van der Waals surface area contributed by atoms with Gasteiger partial charge in [0.1, 0.15) is 12.3 Å². The highest BCUT2D eigenvalue weighted by Gasteiger charge is 2.19. The highest BCUT2D eigenvalue weighted by Crippen LogP contribution is 2.23. The van der Waals surface area contributed by atoms with Crippen molar-refractivity contribution in [3.8, 4) is 0 Å². The second-order valence-corrected chi connectivity index (χ2v) is 8.62. The van der Waals surface area contributed by atoms with E-state index >= 15 is 0 Å². The summed E-state index contributed by atoms with van der Waals surface area (Å²) in [4.78, 5) is 11.5. The van der Waals surface area contributed by atoms with Crippen molar-refractivity contribution in [3.63, 3.8) is 0 Å². The molecule has 0 atom stereocenters. The predicted molar refractivity (Wildman–Crippen MR) is 128 cm³/mol. The number of rotatable bonds is 8. The van der Waals surface area contributed by atoms with Crippen molar-refractivity contribution in [1.29, 1.82) is 0 Å². The summed E-state index contributed by atoms with van der Waals surface area (Å²) in [6.07, 6.45) is 9.85. The van der Waals surface area contributed by atoms with E-state index in [1.54, 1.807) is 0 Å². The molecular formula is C21H40IN5O. The lowest BCUT2D eigenvalue weighted by molar-refractivity contribution is 0.190. The van der Waals surface area contributed by atoms with E-state index in [1.807, 2.05) is 6.20 Å². The molecule has 0 spiro atoms. The summed E-state index contributed by atoms with van der Waals surface area (Å²) < 4.78 is 5.82. The van der Waals surface area contributed by atoms with Gasteiger partial charge in [-0.05, 0) is 39.8 Å². The van der Waals surface area contributed by atoms with Crippen molar-refractivity contribution in [2.75, 3.05) is 26.7 Å². The number of aromatic nitrogens is 1. The number of hydrogen-bond donors (Lipinski definition) is 2. The highest BCUT2D eigenvalue weighted by atomic mass is 127. The first-order valence-corrected chi connectivity index (χ1v) is 10.6. The zero-order chi connectivity index (χ0) is 19.7. The summed E-state index contributed by atoms with van der Waals surface area (Å²) >= 11 is 0. The lowest BCUT2D eigenvalue weighted by Gasteiger charge is -2.31. The summed E-state index contributed by atoms with van der Waals surface area (Å²) in [6, 6.07) is 0.780. The van der Waals surface area contributed by atoms with Crippen molar-refractivity contribution < 1.29 is 4.42 Å². The monoisotopic (exact) mass is 505 g/mol. The van der Waals surface area contributed by atoms with Crippen molar-refractivity contribution >= 4 is 29.9 Å². The molecule has 0 aliphatic heterocycles. The van der Waals surface area contributed by atoms with Gasteiger partial charge in [0, 0.05) is 24.5 Å². The summed E-state index contributed by atoms with van der Waals surface area (Å²) in [5.74, 6) is 2.39. The highest BCUT2D eigenvalue weighted by molar-refractivity contribution is 14.0. The van der Waals surface area contributed by atoms with Crippen LogP contribution in [0.4, 0.5) is 0 Å². The van der Waals surface area contributed by atoms with E-state index in [-0.39, 0.29) is 29.4 Å². The molecule has 1 fully saturated rings. The summed E-state index contributed by atoms with van der Waals surface area (Å²) in [5, 5.41) is 6.73. The van der Waals surface area contributed by atoms with Crippen LogP contribution in [-0.4, -0.2) is 48.6 Å². The molecule has 1 aromatic rings. The Morgan fingerprint density at radius 1 is 1.25 bits per heavy atom. The van der Waals surface area contributed by atoms with Gasteiger partial charge in [0.25, 0.3) is 0 Å². The zero-order valence-electron chi connectivity index (χ0n) is 18.4. The third-order valence-corrected chi connectivity index (χ3v) is 5.19. The van der Waals surface area contributed by atoms with Gasteiger partial charge in [-0.3, -0.25) is 0 Å². The second kappa shape index (κ2) is 12.7. The number of guanidine groups is 1. The standard InChI is InChI=1S/C21H39N5O.HI/c1-6-22-20(25-16-19-24-15-18(27-19)21(2,3)4)23-13-10-14-26(5)17-11-8-7-9-12-17;/h15,17H,6-14,16H2,1-5H3,(H2,22,23,25);1H. The Morgan fingerprint density at radius 3 is 2.57 bits per heavy atom. The Balaban J connectivity index is 0.00000392. The van der Waals surface area contributed by atoms with Gasteiger partial charge in [0.2, 0.25) is 5.89 Å². The van der Waals surface area contributed by atoms with E-state index < -0.39 is 0 Å². The van der Waals surface area contributed by atoms with E-state index in [0.717, 1.165) is 43.8 Å². The Labute approximate surface area is 188 Å². The quantitative estimate of drug-likeness (QED) is 0.239. The number of aliphatic imine (C=N–C) groups is 1. The molecule has 0 saturated heterocycles. The van der Waals surface area contributed by atoms with Gasteiger partial charge < -0.3 is 20.0 Å². The lowest BCUT2D eigenvalue weighted by atomic mass is 9.94. The van der Waals surface area contributed by atoms with Crippen molar-refractivity contribution in [2.24, 2.45) is 4.99 Å². The number of oxazole rings is 1. The molecule has 1 heterocycles. The molecule has 0 aromatic carbocycles. The van der Waals surface area contributed by atoms with E-state index in [2.05, 4.69) is 60.3 Å². The Kier molecular flexibility index (Phi) is 11.4. The van der Waals surface area contributed by atoms with Gasteiger partial charge in [-0.15, -0.1) is 24.0 Å². The van der Waals surface area contributed by atoms with Crippen LogP contribution in [0.5, 0.6) is 0 Å². The average molecular weight is 505 g/mol. The first kappa shape index (κ1) is 25.2. The van der Waals surface area contributed by atoms with E-state index in [0.29, 0.717) is 12.4 Å². The fourth-order valence-corrected chi connectivity index (χ4v) is 3.46. The van der Waals surface area contributed by atoms with Crippen LogP contribution in [0.2, 0.25) is 0 Å². The zero-order valence-corrected chi connectivity index (χ0v) is 20.7. The van der Waals surface area contributed by atoms with Gasteiger partial charge in [-0.1, -0.05) is 40.0 Å². The molecule has 1 saturated carbocycles. The lowest BCUT2D eigenvalue weighted by Crippen LogP contribution is -2.39. The minimum atomic E-state index is -0.0257. The fraction of sp³-hybridized carbons (Fsp3) is 0.810. The van der Waals surface area contributed by atoms with Crippen molar-refractivity contribution in [2.45, 2.75) is 84.2 Å². The Morgan fingerprint density at radius 2 is 1.96 bits per heavy atom. The van der Waals surface area contributed by atoms with E-state index in [4.69, 9.17) is 4.42 Å². The first-order valence-electron chi connectivity index (χ1n) is 10.6. The third kappa shape index (κ3) is 8.68. The smallest absolute Gasteiger partial charge is 0.216 e.